The Kier molecular flexibility index (Phi) is 8.78. The summed E-state index contributed by atoms with van der Waals surface area (Å²) in [5.41, 5.74) is 0.193. The van der Waals surface area contributed by atoms with Crippen molar-refractivity contribution < 1.29 is 9.90 Å². The fourth-order valence-electron chi connectivity index (χ4n) is 0.622. The summed E-state index contributed by atoms with van der Waals surface area (Å²) in [6.07, 6.45) is 2.11. The Labute approximate surface area is 111 Å². The zero-order valence-corrected chi connectivity index (χ0v) is 6.98. The molecule has 1 N–H and O–H groups in total. The number of carboxylic acid groups (broad SMARTS) is 1. The topological polar surface area (TPSA) is 37.3 Å². The number of carboxylic acids is 1. The van der Waals surface area contributed by atoms with Crippen LogP contribution in [-0.2, 0) is 4.79 Å². The molecule has 0 unspecified atom stereocenters. The van der Waals surface area contributed by atoms with Crippen LogP contribution in [0.25, 0.3) is 0 Å². The predicted octanol–water partition coefficient (Wildman–Crippen LogP) is 1.64. The van der Waals surface area contributed by atoms with E-state index in [1.165, 1.54) is 0 Å². The molecule has 0 radical (unpaired) electrons. The Bertz CT molecular complexity index is 121. The fourth-order valence-corrected chi connectivity index (χ4v) is 0.622. The molecule has 0 spiro atoms. The molecule has 62 valence electrons. The molecule has 0 aliphatic carbocycles. The van der Waals surface area contributed by atoms with Crippen molar-refractivity contribution in [2.45, 2.75) is 40.0 Å². The van der Waals surface area contributed by atoms with E-state index in [2.05, 4.69) is 20.8 Å². The third kappa shape index (κ3) is 9.02. The summed E-state index contributed by atoms with van der Waals surface area (Å²) < 4.78 is 0. The number of hydrogen-bond donors (Lipinski definition) is 1. The van der Waals surface area contributed by atoms with Crippen molar-refractivity contribution in [2.75, 3.05) is 0 Å². The molecule has 0 saturated carbocycles. The first-order valence-corrected chi connectivity index (χ1v) is 3.70. The quantitative estimate of drug-likeness (QED) is 0.674. The molecule has 0 rings (SSSR count). The van der Waals surface area contributed by atoms with Crippen LogP contribution in [0, 0.1) is 5.41 Å². The summed E-state index contributed by atoms with van der Waals surface area (Å²) in [4.78, 5) is 10.2. The van der Waals surface area contributed by atoms with Gasteiger partial charge in [-0.2, -0.15) is 0 Å². The van der Waals surface area contributed by atoms with Crippen molar-refractivity contribution in [3.05, 3.63) is 0 Å². The molecule has 0 aliphatic heterocycles. The Morgan fingerprint density at radius 3 is 2.18 bits per heavy atom. The van der Waals surface area contributed by atoms with Crippen LogP contribution >= 0.6 is 0 Å². The molecule has 11 heavy (non-hydrogen) atoms. The third-order valence-corrected chi connectivity index (χ3v) is 1.97. The van der Waals surface area contributed by atoms with E-state index < -0.39 is 5.97 Å². The first-order chi connectivity index (χ1) is 4.48. The number of aliphatic carboxylic acids is 1. The van der Waals surface area contributed by atoms with Crippen LogP contribution in [0.3, 0.4) is 0 Å². The van der Waals surface area contributed by atoms with Crippen LogP contribution in [0.2, 0.25) is 0 Å². The standard InChI is InChI=1S/C8H16O2.K.H/c1-4-8(2,3)6-5-7(9)10;;/h4-6H2,1-3H3,(H,9,10);;. The van der Waals surface area contributed by atoms with Gasteiger partial charge in [0.05, 0.1) is 0 Å². The van der Waals surface area contributed by atoms with E-state index >= 15 is 0 Å². The second-order valence-electron chi connectivity index (χ2n) is 3.41. The van der Waals surface area contributed by atoms with Crippen LogP contribution in [0.15, 0.2) is 0 Å². The molecular formula is C8H17KO2. The molecule has 0 atom stereocenters. The van der Waals surface area contributed by atoms with Crippen LogP contribution < -0.4 is 0 Å². The number of rotatable bonds is 4. The first-order valence-electron chi connectivity index (χ1n) is 3.70. The Morgan fingerprint density at radius 2 is 1.91 bits per heavy atom. The molecule has 0 amide bonds. The van der Waals surface area contributed by atoms with Gasteiger partial charge in [0.25, 0.3) is 0 Å². The summed E-state index contributed by atoms with van der Waals surface area (Å²) in [7, 11) is 0. The van der Waals surface area contributed by atoms with E-state index in [1.807, 2.05) is 0 Å². The van der Waals surface area contributed by atoms with Gasteiger partial charge in [-0.3, -0.25) is 4.79 Å². The van der Waals surface area contributed by atoms with Crippen molar-refractivity contribution >= 4 is 57.4 Å². The van der Waals surface area contributed by atoms with Gasteiger partial charge in [0.1, 0.15) is 0 Å². The summed E-state index contributed by atoms with van der Waals surface area (Å²) in [6, 6.07) is 0. The van der Waals surface area contributed by atoms with Crippen molar-refractivity contribution in [3.63, 3.8) is 0 Å². The van der Waals surface area contributed by atoms with Crippen LogP contribution in [0.4, 0.5) is 0 Å². The number of hydrogen-bond acceptors (Lipinski definition) is 1. The van der Waals surface area contributed by atoms with Gasteiger partial charge in [0.15, 0.2) is 0 Å². The molecule has 0 saturated heterocycles. The van der Waals surface area contributed by atoms with E-state index in [0.29, 0.717) is 6.42 Å². The average Bonchev–Trinajstić information content (AvgIpc) is 1.85. The molecule has 0 aromatic carbocycles. The summed E-state index contributed by atoms with van der Waals surface area (Å²) in [5.74, 6) is -0.693. The molecular weight excluding hydrogens is 167 g/mol. The Morgan fingerprint density at radius 1 is 1.45 bits per heavy atom. The molecule has 0 fully saturated rings. The van der Waals surface area contributed by atoms with Crippen molar-refractivity contribution in [3.8, 4) is 0 Å². The monoisotopic (exact) mass is 184 g/mol. The van der Waals surface area contributed by atoms with Crippen molar-refractivity contribution in [1.29, 1.82) is 0 Å². The van der Waals surface area contributed by atoms with E-state index in [4.69, 9.17) is 5.11 Å². The fraction of sp³-hybridized carbons (Fsp3) is 0.875. The minimum absolute atomic E-state index is 0. The van der Waals surface area contributed by atoms with Crippen LogP contribution in [0.1, 0.15) is 40.0 Å². The van der Waals surface area contributed by atoms with Gasteiger partial charge < -0.3 is 5.11 Å². The van der Waals surface area contributed by atoms with Crippen molar-refractivity contribution in [2.24, 2.45) is 5.41 Å². The molecule has 0 aromatic rings. The zero-order chi connectivity index (χ0) is 8.20. The zero-order valence-electron chi connectivity index (χ0n) is 6.98. The van der Waals surface area contributed by atoms with Gasteiger partial charge in [-0.05, 0) is 11.8 Å². The van der Waals surface area contributed by atoms with Crippen LogP contribution in [-0.4, -0.2) is 62.5 Å². The Hall–Kier alpha value is 1.11. The maximum atomic E-state index is 10.2. The number of carbonyl (C=O) groups is 1. The molecule has 2 nitrogen and oxygen atoms in total. The molecule has 0 bridgehead atoms. The van der Waals surface area contributed by atoms with E-state index in [0.717, 1.165) is 12.8 Å². The maximum absolute atomic E-state index is 10.2. The van der Waals surface area contributed by atoms with Gasteiger partial charge >= 0.3 is 57.4 Å². The second-order valence-corrected chi connectivity index (χ2v) is 3.41. The molecule has 0 heterocycles. The average molecular weight is 184 g/mol. The minimum atomic E-state index is -0.693. The van der Waals surface area contributed by atoms with Gasteiger partial charge in [-0.15, -0.1) is 0 Å². The van der Waals surface area contributed by atoms with E-state index in [9.17, 15) is 4.79 Å². The van der Waals surface area contributed by atoms with Gasteiger partial charge in [0, 0.05) is 6.42 Å². The van der Waals surface area contributed by atoms with Crippen molar-refractivity contribution in [1.82, 2.24) is 0 Å². The Balaban J connectivity index is 0. The molecule has 3 heteroatoms. The van der Waals surface area contributed by atoms with Gasteiger partial charge in [0.2, 0.25) is 0 Å². The molecule has 0 aliphatic rings. The SMILES string of the molecule is CCC(C)(C)CCC(=O)O.[KH]. The van der Waals surface area contributed by atoms with E-state index in [1.54, 1.807) is 0 Å². The van der Waals surface area contributed by atoms with Gasteiger partial charge in [-0.25, -0.2) is 0 Å². The van der Waals surface area contributed by atoms with E-state index in [-0.39, 0.29) is 56.8 Å². The normalized spacial score (nSPS) is 10.5. The summed E-state index contributed by atoms with van der Waals surface area (Å²) in [6.45, 7) is 6.27. The van der Waals surface area contributed by atoms with Crippen LogP contribution in [0.5, 0.6) is 0 Å². The van der Waals surface area contributed by atoms with Gasteiger partial charge in [-0.1, -0.05) is 27.2 Å². The third-order valence-electron chi connectivity index (χ3n) is 1.97. The second kappa shape index (κ2) is 6.60. The predicted molar refractivity (Wildman–Crippen MR) is 48.1 cm³/mol. The molecule has 0 aromatic heterocycles. The first kappa shape index (κ1) is 14.6. The summed E-state index contributed by atoms with van der Waals surface area (Å²) >= 11 is 0. The summed E-state index contributed by atoms with van der Waals surface area (Å²) in [5, 5.41) is 8.37.